The quantitative estimate of drug-likeness (QED) is 0.102. The summed E-state index contributed by atoms with van der Waals surface area (Å²) in [5, 5.41) is 0. The van der Waals surface area contributed by atoms with Crippen molar-refractivity contribution in [2.45, 2.75) is 109 Å². The SMILES string of the molecule is CC(C)[C@@](C)(C(=O)N(C(=O)CC(=O)[C@@H]1CCCN1C(=O)[C@@H](N)CCCN=C(N)N)C(=O)OC(C)(C)C)N1CC[C@H](N)C1=O. The molecular weight excluding hydrogens is 560 g/mol. The summed E-state index contributed by atoms with van der Waals surface area (Å²) in [7, 11) is 0. The Hall–Kier alpha value is -3.59. The fourth-order valence-electron chi connectivity index (χ4n) is 5.24. The third-order valence-electron chi connectivity index (χ3n) is 7.91. The number of amides is 5. The number of rotatable bonds is 11. The van der Waals surface area contributed by atoms with E-state index in [1.807, 2.05) is 0 Å². The topological polar surface area (TPSA) is 238 Å². The number of carbonyl (C=O) groups excluding carboxylic acids is 6. The number of imide groups is 3. The summed E-state index contributed by atoms with van der Waals surface area (Å²) in [6.07, 6.45) is -0.283. The highest BCUT2D eigenvalue weighted by Gasteiger charge is 2.53. The van der Waals surface area contributed by atoms with Gasteiger partial charge in [-0.05, 0) is 65.7 Å². The van der Waals surface area contributed by atoms with Crippen molar-refractivity contribution >= 4 is 41.5 Å². The average molecular weight is 609 g/mol. The van der Waals surface area contributed by atoms with Crippen LogP contribution >= 0.6 is 0 Å². The second kappa shape index (κ2) is 14.3. The monoisotopic (exact) mass is 608 g/mol. The van der Waals surface area contributed by atoms with E-state index in [9.17, 15) is 28.8 Å². The van der Waals surface area contributed by atoms with Crippen molar-refractivity contribution < 1.29 is 33.5 Å². The van der Waals surface area contributed by atoms with Gasteiger partial charge in [-0.15, -0.1) is 0 Å². The van der Waals surface area contributed by atoms with E-state index in [0.717, 1.165) is 0 Å². The van der Waals surface area contributed by atoms with Crippen LogP contribution in [0.4, 0.5) is 4.79 Å². The molecule has 43 heavy (non-hydrogen) atoms. The zero-order valence-electron chi connectivity index (χ0n) is 26.1. The number of hydrogen-bond acceptors (Lipinski definition) is 10. The Morgan fingerprint density at radius 3 is 2.21 bits per heavy atom. The molecule has 0 spiro atoms. The van der Waals surface area contributed by atoms with Crippen LogP contribution in [-0.4, -0.2) is 105 Å². The molecule has 15 nitrogen and oxygen atoms in total. The molecule has 2 rings (SSSR count). The maximum Gasteiger partial charge on any atom is 0.424 e. The van der Waals surface area contributed by atoms with E-state index in [4.69, 9.17) is 27.7 Å². The minimum absolute atomic E-state index is 0.0713. The predicted octanol–water partition coefficient (Wildman–Crippen LogP) is -0.418. The predicted molar refractivity (Wildman–Crippen MR) is 158 cm³/mol. The fourth-order valence-corrected chi connectivity index (χ4v) is 5.24. The third kappa shape index (κ3) is 8.50. The van der Waals surface area contributed by atoms with E-state index in [1.165, 1.54) is 16.7 Å². The van der Waals surface area contributed by atoms with E-state index in [2.05, 4.69) is 4.99 Å². The molecule has 2 saturated heterocycles. The van der Waals surface area contributed by atoms with Gasteiger partial charge in [0.15, 0.2) is 11.7 Å². The summed E-state index contributed by atoms with van der Waals surface area (Å²) in [6.45, 7) is 10.2. The van der Waals surface area contributed by atoms with E-state index in [0.29, 0.717) is 37.1 Å². The van der Waals surface area contributed by atoms with Gasteiger partial charge < -0.3 is 37.5 Å². The van der Waals surface area contributed by atoms with Crippen molar-refractivity contribution in [2.75, 3.05) is 19.6 Å². The average Bonchev–Trinajstić information content (AvgIpc) is 3.51. The molecule has 15 heteroatoms. The highest BCUT2D eigenvalue weighted by molar-refractivity contribution is 6.17. The summed E-state index contributed by atoms with van der Waals surface area (Å²) in [5.74, 6) is -4.31. The molecule has 2 heterocycles. The lowest BCUT2D eigenvalue weighted by Gasteiger charge is -2.42. The molecule has 8 N–H and O–H groups in total. The molecule has 0 aromatic heterocycles. The summed E-state index contributed by atoms with van der Waals surface area (Å²) in [5.41, 5.74) is 19.9. The highest BCUT2D eigenvalue weighted by Crippen LogP contribution is 2.32. The van der Waals surface area contributed by atoms with Crippen LogP contribution in [0.15, 0.2) is 4.99 Å². The van der Waals surface area contributed by atoms with Crippen LogP contribution < -0.4 is 22.9 Å². The molecule has 4 atom stereocenters. The van der Waals surface area contributed by atoms with E-state index >= 15 is 0 Å². The van der Waals surface area contributed by atoms with Gasteiger partial charge in [0, 0.05) is 19.6 Å². The Bertz CT molecular complexity index is 1130. The van der Waals surface area contributed by atoms with Crippen LogP contribution in [0.1, 0.15) is 80.1 Å². The number of nitrogens with two attached hydrogens (primary N) is 4. The Labute approximate surface area is 252 Å². The molecule has 2 fully saturated rings. The normalized spacial score (nSPS) is 20.9. The van der Waals surface area contributed by atoms with Crippen LogP contribution in [0.3, 0.4) is 0 Å². The Morgan fingerprint density at radius 2 is 1.70 bits per heavy atom. The molecular formula is C28H48N8O7. The molecule has 5 amide bonds. The molecule has 0 unspecified atom stereocenters. The number of ether oxygens (including phenoxy) is 1. The minimum Gasteiger partial charge on any atom is -0.443 e. The maximum atomic E-state index is 14.1. The zero-order chi connectivity index (χ0) is 32.9. The van der Waals surface area contributed by atoms with Crippen LogP contribution in [0.25, 0.3) is 0 Å². The van der Waals surface area contributed by atoms with Gasteiger partial charge in [0.2, 0.25) is 17.7 Å². The fraction of sp³-hybridized carbons (Fsp3) is 0.750. The minimum atomic E-state index is -1.64. The number of likely N-dealkylation sites (tertiary alicyclic amines) is 2. The second-order valence-electron chi connectivity index (χ2n) is 12.6. The van der Waals surface area contributed by atoms with Gasteiger partial charge in [0.05, 0.1) is 24.5 Å². The van der Waals surface area contributed by atoms with Crippen molar-refractivity contribution in [2.24, 2.45) is 33.8 Å². The second-order valence-corrected chi connectivity index (χ2v) is 12.6. The van der Waals surface area contributed by atoms with Crippen molar-refractivity contribution in [3.05, 3.63) is 0 Å². The maximum absolute atomic E-state index is 14.1. The number of Topliss-reactive ketones (excluding diaryl/α,β-unsaturated/α-hetero) is 1. The molecule has 0 aliphatic carbocycles. The molecule has 0 saturated carbocycles. The lowest BCUT2D eigenvalue weighted by molar-refractivity contribution is -0.159. The summed E-state index contributed by atoms with van der Waals surface area (Å²) >= 11 is 0. The summed E-state index contributed by atoms with van der Waals surface area (Å²) in [6, 6.07) is -2.68. The molecule has 2 aliphatic rings. The first-order chi connectivity index (χ1) is 19.8. The van der Waals surface area contributed by atoms with E-state index in [1.54, 1.807) is 34.6 Å². The third-order valence-corrected chi connectivity index (χ3v) is 7.91. The Kier molecular flexibility index (Phi) is 11.8. The molecule has 0 radical (unpaired) electrons. The van der Waals surface area contributed by atoms with Crippen LogP contribution in [0.2, 0.25) is 0 Å². The summed E-state index contributed by atoms with van der Waals surface area (Å²) < 4.78 is 5.39. The van der Waals surface area contributed by atoms with Crippen molar-refractivity contribution in [3.63, 3.8) is 0 Å². The van der Waals surface area contributed by atoms with Crippen LogP contribution in [0, 0.1) is 5.92 Å². The number of nitrogens with zero attached hydrogens (tertiary/aromatic N) is 4. The molecule has 0 aromatic carbocycles. The van der Waals surface area contributed by atoms with Crippen molar-refractivity contribution in [1.82, 2.24) is 14.7 Å². The van der Waals surface area contributed by atoms with Crippen molar-refractivity contribution in [3.8, 4) is 0 Å². The molecule has 0 bridgehead atoms. The number of ketones is 1. The lowest BCUT2D eigenvalue weighted by Crippen LogP contribution is -2.64. The van der Waals surface area contributed by atoms with Gasteiger partial charge in [-0.3, -0.25) is 29.0 Å². The van der Waals surface area contributed by atoms with Gasteiger partial charge in [-0.1, -0.05) is 13.8 Å². The standard InChI is InChI=1S/C28H48N8O7/c1-16(2)28(6,35-14-11-18(30)23(35)40)24(41)36(26(42)43-27(3,4)5)21(38)15-20(37)19-10-8-13-34(19)22(39)17(29)9-7-12-33-25(31)32/h16-19H,7-15,29-30H2,1-6H3,(H4,31,32,33)/t17-,18-,19-,28-/m0/s1. The van der Waals surface area contributed by atoms with Gasteiger partial charge in [0.25, 0.3) is 5.91 Å². The first kappa shape index (κ1) is 35.6. The molecule has 242 valence electrons. The first-order valence-corrected chi connectivity index (χ1v) is 14.6. The zero-order valence-corrected chi connectivity index (χ0v) is 26.1. The Balaban J connectivity index is 2.30. The Morgan fingerprint density at radius 1 is 1.07 bits per heavy atom. The van der Waals surface area contributed by atoms with Crippen LogP contribution in [-0.2, 0) is 28.7 Å². The van der Waals surface area contributed by atoms with Gasteiger partial charge >= 0.3 is 6.09 Å². The lowest BCUT2D eigenvalue weighted by atomic mass is 9.84. The first-order valence-electron chi connectivity index (χ1n) is 14.6. The molecule has 0 aromatic rings. The smallest absolute Gasteiger partial charge is 0.424 e. The number of carbonyl (C=O) groups is 6. The molecule has 2 aliphatic heterocycles. The number of guanidine groups is 1. The van der Waals surface area contributed by atoms with Crippen LogP contribution in [0.5, 0.6) is 0 Å². The van der Waals surface area contributed by atoms with Crippen molar-refractivity contribution in [1.29, 1.82) is 0 Å². The highest BCUT2D eigenvalue weighted by atomic mass is 16.6. The van der Waals surface area contributed by atoms with Gasteiger partial charge in [-0.25, -0.2) is 4.79 Å². The largest absolute Gasteiger partial charge is 0.443 e. The number of hydrogen-bond donors (Lipinski definition) is 4. The van der Waals surface area contributed by atoms with E-state index in [-0.39, 0.29) is 25.5 Å². The summed E-state index contributed by atoms with van der Waals surface area (Å²) in [4.78, 5) is 87.2. The van der Waals surface area contributed by atoms with Gasteiger partial charge in [0.1, 0.15) is 11.1 Å². The number of aliphatic imine (C=N–C) groups is 1. The van der Waals surface area contributed by atoms with E-state index < -0.39 is 77.1 Å². The van der Waals surface area contributed by atoms with Gasteiger partial charge in [-0.2, -0.15) is 4.90 Å².